The maximum atomic E-state index is 12.9. The number of thioether (sulfide) groups is 1. The summed E-state index contributed by atoms with van der Waals surface area (Å²) in [6.07, 6.45) is 0. The smallest absolute Gasteiger partial charge is 0.322 e. The van der Waals surface area contributed by atoms with Crippen molar-refractivity contribution in [3.63, 3.8) is 0 Å². The summed E-state index contributed by atoms with van der Waals surface area (Å²) in [7, 11) is -3.80. The average molecular weight is 329 g/mol. The van der Waals surface area contributed by atoms with Gasteiger partial charge in [-0.25, -0.2) is 8.42 Å². The molecule has 1 saturated heterocycles. The Balaban J connectivity index is 2.53. The zero-order valence-electron chi connectivity index (χ0n) is 12.3. The molecule has 116 valence electrons. The number of rotatable bonds is 3. The molecule has 0 radical (unpaired) electrons. The maximum absolute atomic E-state index is 12.9. The number of carboxylic acid groups (broad SMARTS) is 1. The molecule has 1 fully saturated rings. The summed E-state index contributed by atoms with van der Waals surface area (Å²) < 4.78 is 27.0. The number of carbonyl (C=O) groups is 1. The number of hydrogen-bond donors (Lipinski definition) is 1. The molecule has 0 aliphatic carbocycles. The van der Waals surface area contributed by atoms with E-state index in [1.807, 2.05) is 19.1 Å². The minimum Gasteiger partial charge on any atom is -0.480 e. The molecule has 0 spiro atoms. The molecule has 5 nitrogen and oxygen atoms in total. The Morgan fingerprint density at radius 2 is 1.86 bits per heavy atom. The summed E-state index contributed by atoms with van der Waals surface area (Å²) >= 11 is 1.47. The molecule has 1 aromatic rings. The lowest BCUT2D eigenvalue weighted by Crippen LogP contribution is -2.50. The van der Waals surface area contributed by atoms with Crippen LogP contribution >= 0.6 is 11.8 Å². The predicted octanol–water partition coefficient (Wildman–Crippen LogP) is 1.80. The third kappa shape index (κ3) is 3.09. The topological polar surface area (TPSA) is 74.7 Å². The zero-order valence-corrected chi connectivity index (χ0v) is 13.9. The highest BCUT2D eigenvalue weighted by atomic mass is 32.2. The zero-order chi connectivity index (χ0) is 15.8. The van der Waals surface area contributed by atoms with Crippen LogP contribution in [0.3, 0.4) is 0 Å². The van der Waals surface area contributed by atoms with Crippen molar-refractivity contribution in [3.05, 3.63) is 28.8 Å². The maximum Gasteiger partial charge on any atom is 0.322 e. The Bertz CT molecular complexity index is 647. The van der Waals surface area contributed by atoms with E-state index in [0.717, 1.165) is 9.87 Å². The molecule has 21 heavy (non-hydrogen) atoms. The minimum absolute atomic E-state index is 0.233. The number of aliphatic carboxylic acids is 1. The van der Waals surface area contributed by atoms with Gasteiger partial charge in [-0.3, -0.25) is 4.79 Å². The predicted molar refractivity (Wildman–Crippen MR) is 83.3 cm³/mol. The standard InChI is InChI=1S/C14H19NO4S2/c1-9-6-10(2)13(11(3)7-9)21(18,19)15-4-5-20-8-12(15)14(16)17/h6-7,12H,4-5,8H2,1-3H3,(H,16,17). The average Bonchev–Trinajstić information content (AvgIpc) is 2.37. The van der Waals surface area contributed by atoms with Crippen LogP contribution in [0.1, 0.15) is 16.7 Å². The number of nitrogens with zero attached hydrogens (tertiary/aromatic N) is 1. The van der Waals surface area contributed by atoms with Gasteiger partial charge in [-0.15, -0.1) is 0 Å². The highest BCUT2D eigenvalue weighted by molar-refractivity contribution is 7.99. The van der Waals surface area contributed by atoms with Crippen molar-refractivity contribution >= 4 is 27.8 Å². The lowest BCUT2D eigenvalue weighted by atomic mass is 10.1. The third-order valence-corrected chi connectivity index (χ3v) is 6.77. The Hall–Kier alpha value is -1.05. The summed E-state index contributed by atoms with van der Waals surface area (Å²) in [5, 5.41) is 9.28. The van der Waals surface area contributed by atoms with Gasteiger partial charge in [0.2, 0.25) is 10.0 Å². The van der Waals surface area contributed by atoms with Gasteiger partial charge in [0.25, 0.3) is 0 Å². The van der Waals surface area contributed by atoms with Crippen LogP contribution in [0.2, 0.25) is 0 Å². The van der Waals surface area contributed by atoms with Crippen molar-refractivity contribution in [1.82, 2.24) is 4.31 Å². The quantitative estimate of drug-likeness (QED) is 0.915. The molecule has 1 unspecified atom stereocenters. The second-order valence-electron chi connectivity index (χ2n) is 5.27. The van der Waals surface area contributed by atoms with Crippen LogP contribution in [0.15, 0.2) is 17.0 Å². The third-order valence-electron chi connectivity index (χ3n) is 3.54. The molecule has 1 aromatic carbocycles. The number of benzene rings is 1. The molecule has 0 bridgehead atoms. The fraction of sp³-hybridized carbons (Fsp3) is 0.500. The monoisotopic (exact) mass is 329 g/mol. The van der Waals surface area contributed by atoms with Crippen molar-refractivity contribution in [2.45, 2.75) is 31.7 Å². The molecule has 1 heterocycles. The first-order valence-corrected chi connectivity index (χ1v) is 9.25. The Morgan fingerprint density at radius 1 is 1.29 bits per heavy atom. The van der Waals surface area contributed by atoms with Gasteiger partial charge in [0, 0.05) is 18.1 Å². The fourth-order valence-electron chi connectivity index (χ4n) is 2.76. The van der Waals surface area contributed by atoms with Gasteiger partial charge in [0.05, 0.1) is 4.90 Å². The number of carboxylic acids is 1. The first kappa shape index (κ1) is 16.3. The van der Waals surface area contributed by atoms with E-state index in [9.17, 15) is 18.3 Å². The number of hydrogen-bond acceptors (Lipinski definition) is 4. The van der Waals surface area contributed by atoms with Crippen LogP contribution in [0.5, 0.6) is 0 Å². The van der Waals surface area contributed by atoms with Gasteiger partial charge in [-0.2, -0.15) is 16.1 Å². The molecule has 1 aliphatic heterocycles. The molecular weight excluding hydrogens is 310 g/mol. The van der Waals surface area contributed by atoms with E-state index >= 15 is 0 Å². The molecule has 7 heteroatoms. The number of sulfonamides is 1. The highest BCUT2D eigenvalue weighted by Gasteiger charge is 2.39. The molecule has 1 aliphatic rings. The van der Waals surface area contributed by atoms with E-state index in [4.69, 9.17) is 0 Å². The SMILES string of the molecule is Cc1cc(C)c(S(=O)(=O)N2CCSCC2C(=O)O)c(C)c1. The van der Waals surface area contributed by atoms with Gasteiger partial charge < -0.3 is 5.11 Å². The molecule has 0 amide bonds. The molecule has 1 atom stereocenters. The van der Waals surface area contributed by atoms with Gasteiger partial charge in [0.1, 0.15) is 6.04 Å². The van der Waals surface area contributed by atoms with E-state index < -0.39 is 22.0 Å². The van der Waals surface area contributed by atoms with Crippen LogP contribution in [0.4, 0.5) is 0 Å². The molecular formula is C14H19NO4S2. The lowest BCUT2D eigenvalue weighted by Gasteiger charge is -2.32. The van der Waals surface area contributed by atoms with Crippen molar-refractivity contribution in [2.24, 2.45) is 0 Å². The van der Waals surface area contributed by atoms with Crippen LogP contribution in [-0.4, -0.2) is 47.9 Å². The summed E-state index contributed by atoms with van der Waals surface area (Å²) in [4.78, 5) is 11.6. The van der Waals surface area contributed by atoms with Gasteiger partial charge in [-0.1, -0.05) is 17.7 Å². The lowest BCUT2D eigenvalue weighted by molar-refractivity contribution is -0.140. The first-order valence-electron chi connectivity index (χ1n) is 6.65. The van der Waals surface area contributed by atoms with Crippen molar-refractivity contribution in [3.8, 4) is 0 Å². The molecule has 2 rings (SSSR count). The molecule has 0 saturated carbocycles. The number of aryl methyl sites for hydroxylation is 3. The summed E-state index contributed by atoms with van der Waals surface area (Å²) in [5.41, 5.74) is 2.32. The van der Waals surface area contributed by atoms with Crippen LogP contribution < -0.4 is 0 Å². The largest absolute Gasteiger partial charge is 0.480 e. The summed E-state index contributed by atoms with van der Waals surface area (Å²) in [6, 6.07) is 2.64. The second-order valence-corrected chi connectivity index (χ2v) is 8.25. The van der Waals surface area contributed by atoms with Crippen LogP contribution in [0, 0.1) is 20.8 Å². The highest BCUT2D eigenvalue weighted by Crippen LogP contribution is 2.29. The molecule has 1 N–H and O–H groups in total. The summed E-state index contributed by atoms with van der Waals surface area (Å²) in [6.45, 7) is 5.65. The van der Waals surface area contributed by atoms with Crippen LogP contribution in [0.25, 0.3) is 0 Å². The molecule has 0 aromatic heterocycles. The fourth-order valence-corrected chi connectivity index (χ4v) is 6.01. The minimum atomic E-state index is -3.80. The van der Waals surface area contributed by atoms with E-state index in [1.165, 1.54) is 11.8 Å². The van der Waals surface area contributed by atoms with Crippen molar-refractivity contribution in [1.29, 1.82) is 0 Å². The van der Waals surface area contributed by atoms with E-state index in [1.54, 1.807) is 13.8 Å². The first-order chi connectivity index (χ1) is 9.75. The summed E-state index contributed by atoms with van der Waals surface area (Å²) in [5.74, 6) is -0.181. The Labute approximate surface area is 129 Å². The van der Waals surface area contributed by atoms with Crippen LogP contribution in [-0.2, 0) is 14.8 Å². The van der Waals surface area contributed by atoms with E-state index in [2.05, 4.69) is 0 Å². The van der Waals surface area contributed by atoms with Crippen molar-refractivity contribution in [2.75, 3.05) is 18.1 Å². The Kier molecular flexibility index (Phi) is 4.65. The van der Waals surface area contributed by atoms with E-state index in [-0.39, 0.29) is 11.4 Å². The van der Waals surface area contributed by atoms with Crippen molar-refractivity contribution < 1.29 is 18.3 Å². The normalized spacial score (nSPS) is 20.4. The van der Waals surface area contributed by atoms with Gasteiger partial charge in [-0.05, 0) is 31.9 Å². The van der Waals surface area contributed by atoms with E-state index in [0.29, 0.717) is 22.6 Å². The van der Waals surface area contributed by atoms with Gasteiger partial charge in [0.15, 0.2) is 0 Å². The van der Waals surface area contributed by atoms with Gasteiger partial charge >= 0.3 is 5.97 Å². The Morgan fingerprint density at radius 3 is 2.38 bits per heavy atom. The second kappa shape index (κ2) is 5.98.